The Kier molecular flexibility index (Phi) is 7.26. The fraction of sp³-hybridized carbons (Fsp3) is 0.235. The van der Waals surface area contributed by atoms with E-state index in [0.29, 0.717) is 23.0 Å². The van der Waals surface area contributed by atoms with Crippen LogP contribution in [0, 0.1) is 5.41 Å². The Balaban J connectivity index is 2.62. The number of hydrogen-bond acceptors (Lipinski definition) is 4. The third-order valence-corrected chi connectivity index (χ3v) is 3.31. The van der Waals surface area contributed by atoms with E-state index in [1.807, 2.05) is 24.3 Å². The van der Waals surface area contributed by atoms with Crippen LogP contribution in [-0.2, 0) is 11.3 Å². The van der Waals surface area contributed by atoms with Gasteiger partial charge in [-0.15, -0.1) is 0 Å². The van der Waals surface area contributed by atoms with Gasteiger partial charge in [-0.3, -0.25) is 5.41 Å². The molecular formula is C17H21ClN2O2. The molecule has 0 heterocycles. The topological polar surface area (TPSA) is 54.3 Å². The minimum absolute atomic E-state index is 0.197. The number of rotatable bonds is 8. The van der Waals surface area contributed by atoms with Crippen molar-refractivity contribution in [1.82, 2.24) is 5.32 Å². The molecule has 4 nitrogen and oxygen atoms in total. The molecule has 1 aromatic carbocycles. The van der Waals surface area contributed by atoms with E-state index in [-0.39, 0.29) is 5.71 Å². The van der Waals surface area contributed by atoms with E-state index in [2.05, 4.69) is 11.9 Å². The Bertz CT molecular complexity index is 589. The van der Waals surface area contributed by atoms with E-state index in [9.17, 15) is 0 Å². The van der Waals surface area contributed by atoms with Crippen molar-refractivity contribution < 1.29 is 9.47 Å². The predicted molar refractivity (Wildman–Crippen MR) is 91.4 cm³/mol. The molecule has 1 aromatic rings. The first-order valence-electron chi connectivity index (χ1n) is 6.74. The Morgan fingerprint density at radius 3 is 2.45 bits per heavy atom. The van der Waals surface area contributed by atoms with Gasteiger partial charge in [0.05, 0.1) is 25.0 Å². The van der Waals surface area contributed by atoms with Crippen LogP contribution in [0.4, 0.5) is 0 Å². The molecule has 5 heteroatoms. The molecule has 0 atom stereocenters. The van der Waals surface area contributed by atoms with Crippen molar-refractivity contribution >= 4 is 17.3 Å². The monoisotopic (exact) mass is 320 g/mol. The van der Waals surface area contributed by atoms with Crippen LogP contribution >= 0.6 is 11.6 Å². The number of allylic oxidation sites excluding steroid dienone is 3. The van der Waals surface area contributed by atoms with Gasteiger partial charge in [-0.1, -0.05) is 30.3 Å². The number of hydrogen-bond donors (Lipinski definition) is 2. The Hall–Kier alpha value is -2.20. The molecule has 0 aliphatic carbocycles. The molecule has 0 fully saturated rings. The maximum absolute atomic E-state index is 7.87. The molecule has 0 bridgehead atoms. The average Bonchev–Trinajstić information content (AvgIpc) is 2.54. The fourth-order valence-electron chi connectivity index (χ4n) is 1.70. The fourth-order valence-corrected chi connectivity index (χ4v) is 1.88. The summed E-state index contributed by atoms with van der Waals surface area (Å²) in [5.41, 5.74) is 1.82. The molecule has 0 spiro atoms. The van der Waals surface area contributed by atoms with Crippen LogP contribution in [0.5, 0.6) is 5.75 Å². The molecule has 0 amide bonds. The first-order chi connectivity index (χ1) is 10.5. The van der Waals surface area contributed by atoms with Gasteiger partial charge in [-0.2, -0.15) is 0 Å². The Morgan fingerprint density at radius 2 is 1.95 bits per heavy atom. The molecule has 0 aliphatic heterocycles. The van der Waals surface area contributed by atoms with Gasteiger partial charge in [0.25, 0.3) is 0 Å². The summed E-state index contributed by atoms with van der Waals surface area (Å²) in [6.45, 7) is 6.26. The van der Waals surface area contributed by atoms with E-state index in [1.54, 1.807) is 20.1 Å². The lowest BCUT2D eigenvalue weighted by molar-refractivity contribution is 0.314. The number of benzene rings is 1. The standard InChI is InChI=1S/C17H21ClN2O2/c1-5-17(22-4)16(19)10-15(18)12(2)20-11-13-6-8-14(21-3)9-7-13/h5-10,19-20H,2,11H2,1,3-4H3/b15-10+,17-5?,19-16?. The van der Waals surface area contributed by atoms with Crippen molar-refractivity contribution in [2.24, 2.45) is 0 Å². The molecule has 0 radical (unpaired) electrons. The van der Waals surface area contributed by atoms with Gasteiger partial charge in [-0.25, -0.2) is 0 Å². The third-order valence-electron chi connectivity index (χ3n) is 2.97. The van der Waals surface area contributed by atoms with Crippen molar-refractivity contribution in [1.29, 1.82) is 5.41 Å². The number of halogens is 1. The normalized spacial score (nSPS) is 11.8. The summed E-state index contributed by atoms with van der Waals surface area (Å²) in [4.78, 5) is 0. The number of nitrogens with one attached hydrogen (secondary N) is 2. The molecule has 1 rings (SSSR count). The van der Waals surface area contributed by atoms with E-state index in [1.165, 1.54) is 13.2 Å². The minimum Gasteiger partial charge on any atom is -0.497 e. The van der Waals surface area contributed by atoms with Crippen LogP contribution in [0.3, 0.4) is 0 Å². The van der Waals surface area contributed by atoms with Gasteiger partial charge in [0.2, 0.25) is 0 Å². The average molecular weight is 321 g/mol. The maximum Gasteiger partial charge on any atom is 0.139 e. The van der Waals surface area contributed by atoms with Gasteiger partial charge in [-0.05, 0) is 36.8 Å². The SMILES string of the molecule is C=C(NCc1ccc(OC)cc1)/C(Cl)=C\C(=N)C(=CC)OC. The van der Waals surface area contributed by atoms with E-state index in [4.69, 9.17) is 26.5 Å². The van der Waals surface area contributed by atoms with Crippen molar-refractivity contribution in [3.8, 4) is 5.75 Å². The highest BCUT2D eigenvalue weighted by atomic mass is 35.5. The van der Waals surface area contributed by atoms with Crippen molar-refractivity contribution in [3.63, 3.8) is 0 Å². The van der Waals surface area contributed by atoms with Gasteiger partial charge in [0.15, 0.2) is 0 Å². The summed E-state index contributed by atoms with van der Waals surface area (Å²) in [5, 5.41) is 11.4. The van der Waals surface area contributed by atoms with Gasteiger partial charge < -0.3 is 14.8 Å². The summed E-state index contributed by atoms with van der Waals surface area (Å²) in [5.74, 6) is 1.27. The molecule has 118 valence electrons. The molecule has 0 saturated carbocycles. The van der Waals surface area contributed by atoms with Crippen molar-refractivity contribution in [2.75, 3.05) is 14.2 Å². The second kappa shape index (κ2) is 8.95. The smallest absolute Gasteiger partial charge is 0.139 e. The van der Waals surface area contributed by atoms with Crippen molar-refractivity contribution in [2.45, 2.75) is 13.5 Å². The first kappa shape index (κ1) is 17.9. The van der Waals surface area contributed by atoms with Crippen LogP contribution in [0.2, 0.25) is 0 Å². The van der Waals surface area contributed by atoms with Crippen LogP contribution < -0.4 is 10.1 Å². The van der Waals surface area contributed by atoms with Crippen LogP contribution in [0.1, 0.15) is 12.5 Å². The van der Waals surface area contributed by atoms with Gasteiger partial charge in [0.1, 0.15) is 11.5 Å². The lowest BCUT2D eigenvalue weighted by Crippen LogP contribution is -2.13. The third kappa shape index (κ3) is 5.30. The minimum atomic E-state index is 0.197. The molecule has 0 unspecified atom stereocenters. The zero-order chi connectivity index (χ0) is 16.5. The quantitative estimate of drug-likeness (QED) is 0.432. The number of ether oxygens (including phenoxy) is 2. The second-order valence-electron chi connectivity index (χ2n) is 4.44. The summed E-state index contributed by atoms with van der Waals surface area (Å²) in [7, 11) is 3.15. The van der Waals surface area contributed by atoms with Crippen LogP contribution in [0.25, 0.3) is 0 Å². The highest BCUT2D eigenvalue weighted by Gasteiger charge is 2.05. The molecule has 0 aromatic heterocycles. The largest absolute Gasteiger partial charge is 0.497 e. The molecule has 2 N–H and O–H groups in total. The molecule has 22 heavy (non-hydrogen) atoms. The summed E-state index contributed by atoms with van der Waals surface area (Å²) in [6, 6.07) is 7.71. The summed E-state index contributed by atoms with van der Waals surface area (Å²) >= 11 is 6.15. The van der Waals surface area contributed by atoms with Gasteiger partial charge in [0, 0.05) is 12.2 Å². The highest BCUT2D eigenvalue weighted by molar-refractivity contribution is 6.34. The van der Waals surface area contributed by atoms with E-state index < -0.39 is 0 Å². The van der Waals surface area contributed by atoms with Crippen molar-refractivity contribution in [3.05, 3.63) is 65.0 Å². The number of methoxy groups -OCH3 is 2. The molecule has 0 aliphatic rings. The zero-order valence-electron chi connectivity index (χ0n) is 13.1. The summed E-state index contributed by atoms with van der Waals surface area (Å²) in [6.07, 6.45) is 3.21. The maximum atomic E-state index is 7.87. The van der Waals surface area contributed by atoms with E-state index in [0.717, 1.165) is 11.3 Å². The second-order valence-corrected chi connectivity index (χ2v) is 4.85. The molecule has 0 saturated heterocycles. The molecular weight excluding hydrogens is 300 g/mol. The van der Waals surface area contributed by atoms with Crippen LogP contribution in [-0.4, -0.2) is 19.9 Å². The zero-order valence-corrected chi connectivity index (χ0v) is 13.8. The van der Waals surface area contributed by atoms with Gasteiger partial charge >= 0.3 is 0 Å². The highest BCUT2D eigenvalue weighted by Crippen LogP contribution is 2.15. The summed E-state index contributed by atoms with van der Waals surface area (Å²) < 4.78 is 10.2. The van der Waals surface area contributed by atoms with Crippen LogP contribution in [0.15, 0.2) is 59.5 Å². The Morgan fingerprint density at radius 1 is 1.32 bits per heavy atom. The first-order valence-corrected chi connectivity index (χ1v) is 7.12. The lowest BCUT2D eigenvalue weighted by Gasteiger charge is -2.10. The van der Waals surface area contributed by atoms with E-state index >= 15 is 0 Å². The Labute approximate surface area is 136 Å². The predicted octanol–water partition coefficient (Wildman–Crippen LogP) is 3.99. The lowest BCUT2D eigenvalue weighted by atomic mass is 10.2.